The van der Waals surface area contributed by atoms with Gasteiger partial charge in [0.05, 0.1) is 6.04 Å². The highest BCUT2D eigenvalue weighted by Gasteiger charge is 2.30. The van der Waals surface area contributed by atoms with E-state index >= 15 is 0 Å². The van der Waals surface area contributed by atoms with E-state index in [1.54, 1.807) is 4.68 Å². The molecule has 0 N–H and O–H groups in total. The van der Waals surface area contributed by atoms with Crippen LogP contribution in [-0.4, -0.2) is 37.6 Å². The molecular formula is C19H18ClN5O. The van der Waals surface area contributed by atoms with Gasteiger partial charge in [0.15, 0.2) is 5.82 Å². The van der Waals surface area contributed by atoms with E-state index in [0.717, 1.165) is 30.5 Å². The van der Waals surface area contributed by atoms with Crippen LogP contribution in [0.5, 0.6) is 0 Å². The number of halogens is 1. The number of nitrogens with zero attached hydrogens (tertiary/aromatic N) is 5. The monoisotopic (exact) mass is 367 g/mol. The van der Waals surface area contributed by atoms with Crippen molar-refractivity contribution in [1.29, 1.82) is 0 Å². The Morgan fingerprint density at radius 1 is 1.15 bits per heavy atom. The van der Waals surface area contributed by atoms with E-state index < -0.39 is 0 Å². The number of benzene rings is 2. The Morgan fingerprint density at radius 2 is 2.00 bits per heavy atom. The smallest absolute Gasteiger partial charge is 0.244 e. The van der Waals surface area contributed by atoms with Gasteiger partial charge in [0.2, 0.25) is 5.91 Å². The summed E-state index contributed by atoms with van der Waals surface area (Å²) in [6.07, 6.45) is 1.91. The van der Waals surface area contributed by atoms with Gasteiger partial charge in [0.1, 0.15) is 6.54 Å². The van der Waals surface area contributed by atoms with Crippen LogP contribution < -0.4 is 0 Å². The fourth-order valence-corrected chi connectivity index (χ4v) is 3.65. The Hall–Kier alpha value is -2.73. The first-order chi connectivity index (χ1) is 12.7. The van der Waals surface area contributed by atoms with Crippen molar-refractivity contribution in [2.75, 3.05) is 6.54 Å². The van der Waals surface area contributed by atoms with E-state index in [9.17, 15) is 4.79 Å². The number of likely N-dealkylation sites (tertiary alicyclic amines) is 1. The maximum Gasteiger partial charge on any atom is 0.244 e. The third-order valence-electron chi connectivity index (χ3n) is 4.66. The molecule has 1 saturated heterocycles. The van der Waals surface area contributed by atoms with Gasteiger partial charge < -0.3 is 4.90 Å². The summed E-state index contributed by atoms with van der Waals surface area (Å²) in [5.74, 6) is 0.606. The lowest BCUT2D eigenvalue weighted by Gasteiger charge is -2.25. The molecule has 1 aliphatic heterocycles. The highest BCUT2D eigenvalue weighted by molar-refractivity contribution is 6.30. The fourth-order valence-electron chi connectivity index (χ4n) is 3.45. The minimum absolute atomic E-state index is 0.0111. The van der Waals surface area contributed by atoms with Crippen LogP contribution in [0.4, 0.5) is 0 Å². The quantitative estimate of drug-likeness (QED) is 0.709. The lowest BCUT2D eigenvalue weighted by molar-refractivity contribution is -0.133. The minimum Gasteiger partial charge on any atom is -0.334 e. The molecule has 7 heteroatoms. The molecule has 0 aliphatic carbocycles. The molecule has 1 fully saturated rings. The maximum absolute atomic E-state index is 12.9. The van der Waals surface area contributed by atoms with Crippen LogP contribution >= 0.6 is 11.6 Å². The number of tetrazole rings is 1. The van der Waals surface area contributed by atoms with Crippen molar-refractivity contribution in [1.82, 2.24) is 25.1 Å². The largest absolute Gasteiger partial charge is 0.334 e. The van der Waals surface area contributed by atoms with Crippen molar-refractivity contribution in [3.05, 3.63) is 65.2 Å². The molecule has 0 spiro atoms. The Labute approximate surface area is 156 Å². The number of hydrogen-bond donors (Lipinski definition) is 0. The molecule has 0 saturated carbocycles. The molecular weight excluding hydrogens is 350 g/mol. The van der Waals surface area contributed by atoms with Crippen molar-refractivity contribution in [3.63, 3.8) is 0 Å². The van der Waals surface area contributed by atoms with Crippen molar-refractivity contribution in [2.45, 2.75) is 25.4 Å². The number of aromatic nitrogens is 4. The molecule has 2 heterocycles. The predicted octanol–water partition coefficient (Wildman–Crippen LogP) is 3.36. The lowest BCUT2D eigenvalue weighted by atomic mass is 10.0. The van der Waals surface area contributed by atoms with Gasteiger partial charge in [-0.1, -0.05) is 54.1 Å². The van der Waals surface area contributed by atoms with Gasteiger partial charge >= 0.3 is 0 Å². The molecule has 26 heavy (non-hydrogen) atoms. The van der Waals surface area contributed by atoms with Gasteiger partial charge in [-0.15, -0.1) is 5.10 Å². The first kappa shape index (κ1) is 16.7. The van der Waals surface area contributed by atoms with Crippen molar-refractivity contribution >= 4 is 17.5 Å². The zero-order chi connectivity index (χ0) is 17.9. The molecule has 1 amide bonds. The second-order valence-electron chi connectivity index (χ2n) is 6.33. The van der Waals surface area contributed by atoms with E-state index in [1.807, 2.05) is 59.5 Å². The molecule has 3 aromatic rings. The first-order valence-corrected chi connectivity index (χ1v) is 8.97. The summed E-state index contributed by atoms with van der Waals surface area (Å²) in [4.78, 5) is 14.8. The average molecular weight is 368 g/mol. The van der Waals surface area contributed by atoms with E-state index in [-0.39, 0.29) is 18.5 Å². The number of amides is 1. The average Bonchev–Trinajstić information content (AvgIpc) is 3.32. The molecule has 6 nitrogen and oxygen atoms in total. The molecule has 132 valence electrons. The van der Waals surface area contributed by atoms with Crippen LogP contribution in [0, 0.1) is 0 Å². The van der Waals surface area contributed by atoms with E-state index in [0.29, 0.717) is 10.8 Å². The molecule has 2 aromatic carbocycles. The third-order valence-corrected chi connectivity index (χ3v) is 4.89. The molecule has 1 atom stereocenters. The zero-order valence-corrected chi connectivity index (χ0v) is 14.9. The van der Waals surface area contributed by atoms with Crippen LogP contribution in [0.1, 0.15) is 24.4 Å². The van der Waals surface area contributed by atoms with Crippen molar-refractivity contribution in [2.24, 2.45) is 0 Å². The van der Waals surface area contributed by atoms with Gasteiger partial charge in [-0.25, -0.2) is 4.68 Å². The normalized spacial score (nSPS) is 16.8. The van der Waals surface area contributed by atoms with Crippen LogP contribution in [0.3, 0.4) is 0 Å². The second kappa shape index (κ2) is 7.25. The Kier molecular flexibility index (Phi) is 4.67. The zero-order valence-electron chi connectivity index (χ0n) is 14.1. The summed E-state index contributed by atoms with van der Waals surface area (Å²) in [7, 11) is 0. The van der Waals surface area contributed by atoms with Gasteiger partial charge in [0, 0.05) is 17.1 Å². The number of carbonyl (C=O) groups is 1. The summed E-state index contributed by atoms with van der Waals surface area (Å²) in [6.45, 7) is 0.854. The predicted molar refractivity (Wildman–Crippen MR) is 98.4 cm³/mol. The minimum atomic E-state index is 0.0111. The SMILES string of the molecule is O=C(Cn1nnnc1-c1ccccc1)N1CCCC1c1cccc(Cl)c1. The summed E-state index contributed by atoms with van der Waals surface area (Å²) in [6, 6.07) is 17.4. The molecule has 0 radical (unpaired) electrons. The number of rotatable bonds is 4. The van der Waals surface area contributed by atoms with Crippen LogP contribution in [0.2, 0.25) is 5.02 Å². The van der Waals surface area contributed by atoms with E-state index in [1.165, 1.54) is 0 Å². The van der Waals surface area contributed by atoms with Crippen molar-refractivity contribution in [3.8, 4) is 11.4 Å². The van der Waals surface area contributed by atoms with Gasteiger partial charge in [-0.05, 0) is 41.0 Å². The van der Waals surface area contributed by atoms with E-state index in [2.05, 4.69) is 15.5 Å². The van der Waals surface area contributed by atoms with Gasteiger partial charge in [0.25, 0.3) is 0 Å². The summed E-state index contributed by atoms with van der Waals surface area (Å²) < 4.78 is 1.56. The molecule has 1 aliphatic rings. The fraction of sp³-hybridized carbons (Fsp3) is 0.263. The van der Waals surface area contributed by atoms with Crippen LogP contribution in [-0.2, 0) is 11.3 Å². The standard InChI is InChI=1S/C19H18ClN5O/c20-16-9-4-8-15(12-16)17-10-5-11-24(17)18(26)13-25-19(21-22-23-25)14-6-2-1-3-7-14/h1-4,6-9,12,17H,5,10-11,13H2. The highest BCUT2D eigenvalue weighted by atomic mass is 35.5. The third kappa shape index (κ3) is 3.32. The highest BCUT2D eigenvalue weighted by Crippen LogP contribution is 2.33. The summed E-state index contributed by atoms with van der Waals surface area (Å²) in [5.41, 5.74) is 1.96. The molecule has 0 bridgehead atoms. The Morgan fingerprint density at radius 3 is 2.81 bits per heavy atom. The lowest BCUT2D eigenvalue weighted by Crippen LogP contribution is -2.33. The van der Waals surface area contributed by atoms with Gasteiger partial charge in [-0.3, -0.25) is 4.79 Å². The Bertz CT molecular complexity index is 911. The van der Waals surface area contributed by atoms with Crippen LogP contribution in [0.15, 0.2) is 54.6 Å². The van der Waals surface area contributed by atoms with Crippen molar-refractivity contribution < 1.29 is 4.79 Å². The molecule has 1 unspecified atom stereocenters. The molecule has 1 aromatic heterocycles. The summed E-state index contributed by atoms with van der Waals surface area (Å²) >= 11 is 6.12. The topological polar surface area (TPSA) is 63.9 Å². The van der Waals surface area contributed by atoms with Gasteiger partial charge in [-0.2, -0.15) is 0 Å². The number of carbonyl (C=O) groups excluding carboxylic acids is 1. The van der Waals surface area contributed by atoms with Crippen LogP contribution in [0.25, 0.3) is 11.4 Å². The first-order valence-electron chi connectivity index (χ1n) is 8.59. The maximum atomic E-state index is 12.9. The second-order valence-corrected chi connectivity index (χ2v) is 6.76. The molecule has 4 rings (SSSR count). The Balaban J connectivity index is 1.55. The number of hydrogen-bond acceptors (Lipinski definition) is 4. The summed E-state index contributed by atoms with van der Waals surface area (Å²) in [5, 5.41) is 12.5. The van der Waals surface area contributed by atoms with E-state index in [4.69, 9.17) is 11.6 Å².